The van der Waals surface area contributed by atoms with Gasteiger partial charge in [0, 0.05) is 36.5 Å². The Hall–Kier alpha value is -2.09. The van der Waals surface area contributed by atoms with Crippen molar-refractivity contribution in [2.24, 2.45) is 5.92 Å². The Balaban J connectivity index is 1.74. The van der Waals surface area contributed by atoms with Gasteiger partial charge in [0.1, 0.15) is 12.4 Å². The molecule has 0 N–H and O–H groups in total. The van der Waals surface area contributed by atoms with Gasteiger partial charge in [0.05, 0.1) is 19.2 Å². The Morgan fingerprint density at radius 2 is 2.00 bits per heavy atom. The summed E-state index contributed by atoms with van der Waals surface area (Å²) >= 11 is 7.68. The molecule has 1 atom stereocenters. The summed E-state index contributed by atoms with van der Waals surface area (Å²) in [6.45, 7) is 5.80. The zero-order chi connectivity index (χ0) is 23.1. The Kier molecular flexibility index (Phi) is 8.96. The van der Waals surface area contributed by atoms with E-state index in [2.05, 4.69) is 11.4 Å². The molecule has 0 fully saturated rings. The van der Waals surface area contributed by atoms with Crippen LogP contribution in [-0.2, 0) is 20.7 Å². The van der Waals surface area contributed by atoms with E-state index in [-0.39, 0.29) is 30.3 Å². The highest BCUT2D eigenvalue weighted by Gasteiger charge is 2.33. The summed E-state index contributed by atoms with van der Waals surface area (Å²) in [7, 11) is 1.60. The summed E-state index contributed by atoms with van der Waals surface area (Å²) in [5.74, 6) is 0.844. The third-order valence-electron chi connectivity index (χ3n) is 5.46. The first-order valence-electron chi connectivity index (χ1n) is 10.9. The van der Waals surface area contributed by atoms with Crippen LogP contribution in [0.3, 0.4) is 0 Å². The molecule has 8 heteroatoms. The van der Waals surface area contributed by atoms with E-state index in [0.29, 0.717) is 43.5 Å². The van der Waals surface area contributed by atoms with Crippen LogP contribution in [0.5, 0.6) is 5.75 Å². The van der Waals surface area contributed by atoms with Crippen molar-refractivity contribution < 1.29 is 19.1 Å². The van der Waals surface area contributed by atoms with Crippen LogP contribution in [-0.4, -0.2) is 61.6 Å². The molecule has 3 rings (SSSR count). The standard InChI is InChI=1S/C24H31ClN2O4S/c1-17(2)14-23(28)26(11-12-30-3)15-24(29)27-10-8-22-20(9-13-32-22)21(27)16-31-19-6-4-18(25)5-7-19/h4-7,9,13,17,21H,8,10-12,14-16H2,1-3H3/t21-/m1/s1. The number of amides is 2. The summed E-state index contributed by atoms with van der Waals surface area (Å²) in [5.41, 5.74) is 1.13. The van der Waals surface area contributed by atoms with Crippen LogP contribution >= 0.6 is 22.9 Å². The number of fused-ring (bicyclic) bond motifs is 1. The fourth-order valence-corrected chi connectivity index (χ4v) is 4.86. The van der Waals surface area contributed by atoms with Gasteiger partial charge < -0.3 is 19.3 Å². The van der Waals surface area contributed by atoms with Gasteiger partial charge in [-0.3, -0.25) is 9.59 Å². The summed E-state index contributed by atoms with van der Waals surface area (Å²) in [6.07, 6.45) is 1.23. The average Bonchev–Trinajstić information content (AvgIpc) is 3.24. The minimum Gasteiger partial charge on any atom is -0.491 e. The third kappa shape index (κ3) is 6.47. The lowest BCUT2D eigenvalue weighted by molar-refractivity contribution is -0.143. The molecular weight excluding hydrogens is 448 g/mol. The minimum absolute atomic E-state index is 0.0207. The van der Waals surface area contributed by atoms with E-state index >= 15 is 0 Å². The molecule has 2 amide bonds. The Morgan fingerprint density at radius 1 is 1.25 bits per heavy atom. The second kappa shape index (κ2) is 11.7. The van der Waals surface area contributed by atoms with Crippen molar-refractivity contribution in [3.8, 4) is 5.75 Å². The first-order valence-corrected chi connectivity index (χ1v) is 12.2. The molecule has 0 unspecified atom stereocenters. The largest absolute Gasteiger partial charge is 0.491 e. The van der Waals surface area contributed by atoms with Crippen molar-refractivity contribution in [2.75, 3.05) is 40.0 Å². The predicted octanol–water partition coefficient (Wildman–Crippen LogP) is 4.43. The number of carbonyl (C=O) groups is 2. The molecule has 0 radical (unpaired) electrons. The predicted molar refractivity (Wildman–Crippen MR) is 127 cm³/mol. The number of hydrogen-bond donors (Lipinski definition) is 0. The van der Waals surface area contributed by atoms with Crippen LogP contribution < -0.4 is 4.74 Å². The van der Waals surface area contributed by atoms with E-state index in [0.717, 1.165) is 12.0 Å². The van der Waals surface area contributed by atoms with Crippen molar-refractivity contribution in [1.82, 2.24) is 9.80 Å². The Bertz CT molecular complexity index is 900. The van der Waals surface area contributed by atoms with Gasteiger partial charge in [-0.15, -0.1) is 11.3 Å². The van der Waals surface area contributed by atoms with E-state index in [1.165, 1.54) is 4.88 Å². The first-order chi connectivity index (χ1) is 15.4. The maximum absolute atomic E-state index is 13.4. The maximum Gasteiger partial charge on any atom is 0.242 e. The van der Waals surface area contributed by atoms with E-state index in [1.54, 1.807) is 35.5 Å². The molecule has 0 aliphatic carbocycles. The summed E-state index contributed by atoms with van der Waals surface area (Å²) in [5, 5.41) is 2.71. The molecule has 0 spiro atoms. The van der Waals surface area contributed by atoms with Crippen molar-refractivity contribution in [3.05, 3.63) is 51.2 Å². The van der Waals surface area contributed by atoms with Crippen LogP contribution in [0.15, 0.2) is 35.7 Å². The molecule has 1 aliphatic rings. The van der Waals surface area contributed by atoms with E-state index in [9.17, 15) is 9.59 Å². The number of nitrogens with zero attached hydrogens (tertiary/aromatic N) is 2. The molecule has 2 heterocycles. The van der Waals surface area contributed by atoms with Crippen molar-refractivity contribution in [2.45, 2.75) is 32.7 Å². The monoisotopic (exact) mass is 478 g/mol. The van der Waals surface area contributed by atoms with Gasteiger partial charge in [-0.1, -0.05) is 25.4 Å². The molecule has 0 saturated heterocycles. The summed E-state index contributed by atoms with van der Waals surface area (Å²) in [6, 6.07) is 9.08. The molecule has 32 heavy (non-hydrogen) atoms. The molecule has 0 saturated carbocycles. The van der Waals surface area contributed by atoms with Crippen molar-refractivity contribution >= 4 is 34.8 Å². The number of methoxy groups -OCH3 is 1. The highest BCUT2D eigenvalue weighted by Crippen LogP contribution is 2.34. The second-order valence-corrected chi connectivity index (χ2v) is 9.76. The van der Waals surface area contributed by atoms with Gasteiger partial charge in [0.2, 0.25) is 11.8 Å². The highest BCUT2D eigenvalue weighted by molar-refractivity contribution is 7.10. The molecule has 1 aromatic heterocycles. The van der Waals surface area contributed by atoms with Gasteiger partial charge >= 0.3 is 0 Å². The Morgan fingerprint density at radius 3 is 2.69 bits per heavy atom. The Labute approximate surface area is 199 Å². The van der Waals surface area contributed by atoms with E-state index in [1.807, 2.05) is 30.9 Å². The zero-order valence-corrected chi connectivity index (χ0v) is 20.5. The summed E-state index contributed by atoms with van der Waals surface area (Å²) in [4.78, 5) is 30.9. The van der Waals surface area contributed by atoms with Crippen molar-refractivity contribution in [3.63, 3.8) is 0 Å². The van der Waals surface area contributed by atoms with Crippen LogP contribution in [0.4, 0.5) is 0 Å². The maximum atomic E-state index is 13.4. The number of thiophene rings is 1. The SMILES string of the molecule is COCCN(CC(=O)N1CCc2sccc2[C@H]1COc1ccc(Cl)cc1)C(=O)CC(C)C. The summed E-state index contributed by atoms with van der Waals surface area (Å²) < 4.78 is 11.2. The number of halogens is 1. The smallest absolute Gasteiger partial charge is 0.242 e. The highest BCUT2D eigenvalue weighted by atomic mass is 35.5. The normalized spacial score (nSPS) is 15.5. The van der Waals surface area contributed by atoms with Gasteiger partial charge in [-0.2, -0.15) is 0 Å². The molecule has 0 bridgehead atoms. The van der Waals surface area contributed by atoms with Gasteiger partial charge in [-0.25, -0.2) is 0 Å². The topological polar surface area (TPSA) is 59.1 Å². The average molecular weight is 479 g/mol. The molecule has 6 nitrogen and oxygen atoms in total. The van der Waals surface area contributed by atoms with E-state index < -0.39 is 0 Å². The lowest BCUT2D eigenvalue weighted by Crippen LogP contribution is -2.48. The van der Waals surface area contributed by atoms with Gasteiger partial charge in [0.15, 0.2) is 0 Å². The lowest BCUT2D eigenvalue weighted by atomic mass is 10.0. The van der Waals surface area contributed by atoms with Crippen molar-refractivity contribution in [1.29, 1.82) is 0 Å². The number of carbonyl (C=O) groups excluding carboxylic acids is 2. The fourth-order valence-electron chi connectivity index (χ4n) is 3.81. The fraction of sp³-hybridized carbons (Fsp3) is 0.500. The number of rotatable bonds is 10. The number of benzene rings is 1. The van der Waals surface area contributed by atoms with Gasteiger partial charge in [0.25, 0.3) is 0 Å². The van der Waals surface area contributed by atoms with E-state index in [4.69, 9.17) is 21.1 Å². The lowest BCUT2D eigenvalue weighted by Gasteiger charge is -2.37. The number of ether oxygens (including phenoxy) is 2. The molecule has 1 aliphatic heterocycles. The van der Waals surface area contributed by atoms with Crippen LogP contribution in [0.2, 0.25) is 5.02 Å². The molecule has 1 aromatic carbocycles. The van der Waals surface area contributed by atoms with Crippen LogP contribution in [0, 0.1) is 5.92 Å². The minimum atomic E-state index is -0.197. The molecule has 174 valence electrons. The van der Waals surface area contributed by atoms with Crippen LogP contribution in [0.25, 0.3) is 0 Å². The zero-order valence-electron chi connectivity index (χ0n) is 18.9. The third-order valence-corrected chi connectivity index (χ3v) is 6.71. The van der Waals surface area contributed by atoms with Crippen LogP contribution in [0.1, 0.15) is 36.8 Å². The number of hydrogen-bond acceptors (Lipinski definition) is 5. The quantitative estimate of drug-likeness (QED) is 0.507. The first kappa shape index (κ1) is 24.6. The molecule has 2 aromatic rings. The van der Waals surface area contributed by atoms with Gasteiger partial charge in [-0.05, 0) is 53.6 Å². The second-order valence-electron chi connectivity index (χ2n) is 8.32. The molecular formula is C24H31ClN2O4S.